The molecule has 178 valence electrons. The Hall–Kier alpha value is -2.00. The molecule has 0 aliphatic carbocycles. The number of hydrogen-bond acceptors (Lipinski definition) is 4. The van der Waals surface area contributed by atoms with Gasteiger partial charge in [-0.2, -0.15) is 13.2 Å². The van der Waals surface area contributed by atoms with Crippen LogP contribution < -0.4 is 16.4 Å². The first kappa shape index (κ1) is 24.6. The molecule has 0 radical (unpaired) electrons. The van der Waals surface area contributed by atoms with Gasteiger partial charge in [0.15, 0.2) is 0 Å². The molecule has 1 aromatic carbocycles. The molecular formula is C22H30ClF3N4O2. The van der Waals surface area contributed by atoms with Gasteiger partial charge in [0.05, 0.1) is 17.5 Å². The van der Waals surface area contributed by atoms with Crippen molar-refractivity contribution in [3.05, 3.63) is 28.8 Å². The van der Waals surface area contributed by atoms with Crippen molar-refractivity contribution in [2.24, 2.45) is 17.1 Å². The molecule has 2 aliphatic rings. The number of hydrogen-bond donors (Lipinski definition) is 3. The Balaban J connectivity index is 2.01. The zero-order valence-corrected chi connectivity index (χ0v) is 19.2. The van der Waals surface area contributed by atoms with Crippen molar-refractivity contribution in [1.82, 2.24) is 10.2 Å². The van der Waals surface area contributed by atoms with E-state index in [1.54, 1.807) is 4.90 Å². The van der Waals surface area contributed by atoms with E-state index in [9.17, 15) is 22.8 Å². The molecule has 1 unspecified atom stereocenters. The van der Waals surface area contributed by atoms with Crippen molar-refractivity contribution in [1.29, 1.82) is 0 Å². The van der Waals surface area contributed by atoms with E-state index in [1.807, 2.05) is 20.8 Å². The molecular weight excluding hydrogens is 445 g/mol. The van der Waals surface area contributed by atoms with Gasteiger partial charge in [-0.3, -0.25) is 9.59 Å². The average molecular weight is 475 g/mol. The summed E-state index contributed by atoms with van der Waals surface area (Å²) in [6.45, 7) is 7.16. The second-order valence-corrected chi connectivity index (χ2v) is 10.1. The number of nitrogens with one attached hydrogen (secondary N) is 2. The maximum atomic E-state index is 14.0. The molecule has 1 aromatic rings. The van der Waals surface area contributed by atoms with Gasteiger partial charge in [0.2, 0.25) is 11.8 Å². The fourth-order valence-corrected chi connectivity index (χ4v) is 5.09. The topological polar surface area (TPSA) is 87.5 Å². The maximum absolute atomic E-state index is 14.0. The summed E-state index contributed by atoms with van der Waals surface area (Å²) in [5.41, 5.74) is 3.03. The van der Waals surface area contributed by atoms with Crippen molar-refractivity contribution in [3.8, 4) is 0 Å². The highest BCUT2D eigenvalue weighted by atomic mass is 35.5. The van der Waals surface area contributed by atoms with Crippen LogP contribution in [0.5, 0.6) is 0 Å². The first-order chi connectivity index (χ1) is 14.8. The van der Waals surface area contributed by atoms with Crippen molar-refractivity contribution >= 4 is 29.1 Å². The predicted octanol–water partition coefficient (Wildman–Crippen LogP) is 3.64. The summed E-state index contributed by atoms with van der Waals surface area (Å²) in [5.74, 6) is -1.17. The van der Waals surface area contributed by atoms with Crippen LogP contribution in [-0.2, 0) is 15.8 Å². The van der Waals surface area contributed by atoms with Crippen molar-refractivity contribution in [3.63, 3.8) is 0 Å². The van der Waals surface area contributed by atoms with Crippen LogP contribution in [0.4, 0.5) is 18.9 Å². The summed E-state index contributed by atoms with van der Waals surface area (Å²) in [7, 11) is 0. The number of likely N-dealkylation sites (tertiary alicyclic amines) is 1. The van der Waals surface area contributed by atoms with Crippen LogP contribution in [0.1, 0.15) is 45.6 Å². The Kier molecular flexibility index (Phi) is 6.73. The van der Waals surface area contributed by atoms with Gasteiger partial charge in [-0.25, -0.2) is 0 Å². The highest BCUT2D eigenvalue weighted by molar-refractivity contribution is 6.31. The minimum Gasteiger partial charge on any atom is -0.371 e. The number of halogens is 4. The molecule has 6 nitrogen and oxygen atoms in total. The lowest BCUT2D eigenvalue weighted by molar-refractivity contribution is -0.149. The number of carbonyl (C=O) groups excluding carboxylic acids is 2. The number of benzene rings is 1. The third-order valence-corrected chi connectivity index (χ3v) is 6.87. The summed E-state index contributed by atoms with van der Waals surface area (Å²) in [6.07, 6.45) is -2.98. The van der Waals surface area contributed by atoms with Gasteiger partial charge in [-0.1, -0.05) is 32.4 Å². The monoisotopic (exact) mass is 474 g/mol. The van der Waals surface area contributed by atoms with Crippen LogP contribution in [0, 0.1) is 11.3 Å². The molecule has 2 amide bonds. The lowest BCUT2D eigenvalue weighted by Gasteiger charge is -2.53. The molecule has 0 bridgehead atoms. The Bertz CT molecular complexity index is 887. The average Bonchev–Trinajstić information content (AvgIpc) is 2.67. The van der Waals surface area contributed by atoms with E-state index < -0.39 is 40.6 Å². The first-order valence-corrected chi connectivity index (χ1v) is 11.1. The quantitative estimate of drug-likeness (QED) is 0.621. The zero-order valence-electron chi connectivity index (χ0n) is 18.5. The SMILES string of the molecule is CC(C)(C)C1(Nc2cc(Cl)cc(C(F)(F)F)c2)CCCN([C@@H]2CNCC[C@H]2C(N)=O)C1=O. The number of alkyl halides is 3. The predicted molar refractivity (Wildman–Crippen MR) is 117 cm³/mol. The Morgan fingerprint density at radius 1 is 1.28 bits per heavy atom. The molecule has 2 saturated heterocycles. The van der Waals surface area contributed by atoms with Gasteiger partial charge in [0, 0.05) is 23.8 Å². The van der Waals surface area contributed by atoms with E-state index in [1.165, 1.54) is 6.07 Å². The van der Waals surface area contributed by atoms with Gasteiger partial charge in [0.25, 0.3) is 0 Å². The van der Waals surface area contributed by atoms with E-state index >= 15 is 0 Å². The highest BCUT2D eigenvalue weighted by Gasteiger charge is 2.54. The van der Waals surface area contributed by atoms with Crippen molar-refractivity contribution < 1.29 is 22.8 Å². The van der Waals surface area contributed by atoms with Crippen LogP contribution in [0.25, 0.3) is 0 Å². The number of primary amides is 1. The molecule has 2 aliphatic heterocycles. The molecule has 0 spiro atoms. The third-order valence-electron chi connectivity index (χ3n) is 6.66. The fraction of sp³-hybridized carbons (Fsp3) is 0.636. The summed E-state index contributed by atoms with van der Waals surface area (Å²) in [4.78, 5) is 27.7. The van der Waals surface area contributed by atoms with Gasteiger partial charge in [-0.15, -0.1) is 0 Å². The number of amides is 2. The number of carbonyl (C=O) groups is 2. The molecule has 0 saturated carbocycles. The minimum atomic E-state index is -4.57. The van der Waals surface area contributed by atoms with Gasteiger partial charge in [-0.05, 0) is 49.4 Å². The van der Waals surface area contributed by atoms with E-state index in [2.05, 4.69) is 10.6 Å². The first-order valence-electron chi connectivity index (χ1n) is 10.7. The van der Waals surface area contributed by atoms with E-state index in [0.29, 0.717) is 38.9 Å². The summed E-state index contributed by atoms with van der Waals surface area (Å²) in [6, 6.07) is 2.82. The normalized spacial score (nSPS) is 27.3. The van der Waals surface area contributed by atoms with Crippen LogP contribution >= 0.6 is 11.6 Å². The third kappa shape index (κ3) is 4.69. The number of anilines is 1. The summed E-state index contributed by atoms with van der Waals surface area (Å²) in [5, 5.41) is 6.29. The van der Waals surface area contributed by atoms with Gasteiger partial charge < -0.3 is 21.3 Å². The van der Waals surface area contributed by atoms with Crippen molar-refractivity contribution in [2.45, 2.75) is 57.8 Å². The lowest BCUT2D eigenvalue weighted by atomic mass is 9.67. The van der Waals surface area contributed by atoms with Crippen LogP contribution in [0.3, 0.4) is 0 Å². The molecule has 10 heteroatoms. The Morgan fingerprint density at radius 2 is 1.97 bits per heavy atom. The molecule has 3 rings (SSSR count). The number of rotatable bonds is 4. The Labute approximate surface area is 191 Å². The molecule has 4 N–H and O–H groups in total. The second kappa shape index (κ2) is 8.74. The molecule has 2 heterocycles. The second-order valence-electron chi connectivity index (χ2n) is 9.68. The smallest absolute Gasteiger partial charge is 0.371 e. The van der Waals surface area contributed by atoms with Crippen molar-refractivity contribution in [2.75, 3.05) is 25.0 Å². The van der Waals surface area contributed by atoms with E-state index in [-0.39, 0.29) is 16.6 Å². The summed E-state index contributed by atoms with van der Waals surface area (Å²) < 4.78 is 40.0. The highest BCUT2D eigenvalue weighted by Crippen LogP contribution is 2.43. The van der Waals surface area contributed by atoms with E-state index in [0.717, 1.165) is 12.1 Å². The van der Waals surface area contributed by atoms with Gasteiger partial charge >= 0.3 is 6.18 Å². The number of nitrogens with zero attached hydrogens (tertiary/aromatic N) is 1. The zero-order chi connectivity index (χ0) is 23.9. The maximum Gasteiger partial charge on any atom is 0.416 e. The minimum absolute atomic E-state index is 0.0724. The van der Waals surface area contributed by atoms with E-state index in [4.69, 9.17) is 17.3 Å². The standard InChI is InChI=1S/C22H30ClF3N4O2/c1-20(2,3)21(29-15-10-13(22(24,25)26)9-14(23)11-15)6-4-8-30(19(21)32)17-12-28-7-5-16(17)18(27)31/h9-11,16-17,28-29H,4-8,12H2,1-3H3,(H2,27,31)/t16-,17-,21?/m1/s1. The molecule has 0 aromatic heterocycles. The van der Waals surface area contributed by atoms with Crippen LogP contribution in [-0.4, -0.2) is 47.9 Å². The lowest BCUT2D eigenvalue weighted by Crippen LogP contribution is -2.68. The fourth-order valence-electron chi connectivity index (χ4n) is 4.86. The molecule has 2 fully saturated rings. The number of nitrogens with two attached hydrogens (primary N) is 1. The molecule has 3 atom stereocenters. The summed E-state index contributed by atoms with van der Waals surface area (Å²) >= 11 is 5.98. The largest absolute Gasteiger partial charge is 0.416 e. The van der Waals surface area contributed by atoms with Crippen LogP contribution in [0.15, 0.2) is 18.2 Å². The number of piperidine rings is 2. The van der Waals surface area contributed by atoms with Crippen LogP contribution in [0.2, 0.25) is 5.02 Å². The Morgan fingerprint density at radius 3 is 2.56 bits per heavy atom. The molecule has 32 heavy (non-hydrogen) atoms. The van der Waals surface area contributed by atoms with Gasteiger partial charge in [0.1, 0.15) is 5.54 Å².